The molecule has 0 radical (unpaired) electrons. The van der Waals surface area contributed by atoms with Crippen molar-refractivity contribution in [1.82, 2.24) is 10.2 Å². The molecule has 1 rings (SSSR count). The highest BCUT2D eigenvalue weighted by molar-refractivity contribution is 5.75. The molecule has 0 unspecified atom stereocenters. The van der Waals surface area contributed by atoms with E-state index in [0.717, 1.165) is 19.4 Å². The minimum absolute atomic E-state index is 0.0392. The molecule has 16 heavy (non-hydrogen) atoms. The van der Waals surface area contributed by atoms with E-state index in [1.807, 2.05) is 18.7 Å². The summed E-state index contributed by atoms with van der Waals surface area (Å²) >= 11 is 0. The van der Waals surface area contributed by atoms with Gasteiger partial charge in [0.2, 0.25) is 0 Å². The van der Waals surface area contributed by atoms with Crippen LogP contribution in [0.25, 0.3) is 0 Å². The van der Waals surface area contributed by atoms with Crippen molar-refractivity contribution in [2.75, 3.05) is 19.6 Å². The number of carbonyl (C=O) groups is 1. The Bertz CT molecular complexity index is 224. The second-order valence-corrected chi connectivity index (χ2v) is 4.57. The summed E-state index contributed by atoms with van der Waals surface area (Å²) in [4.78, 5) is 13.9. The molecule has 3 N–H and O–H groups in total. The largest absolute Gasteiger partial charge is 0.338 e. The van der Waals surface area contributed by atoms with Crippen LogP contribution in [0.2, 0.25) is 0 Å². The van der Waals surface area contributed by atoms with E-state index in [-0.39, 0.29) is 11.6 Å². The summed E-state index contributed by atoms with van der Waals surface area (Å²) in [6, 6.07) is 0.0392. The fourth-order valence-electron chi connectivity index (χ4n) is 2.74. The van der Waals surface area contributed by atoms with E-state index < -0.39 is 0 Å². The number of nitrogens with two attached hydrogens (primary N) is 1. The summed E-state index contributed by atoms with van der Waals surface area (Å²) in [6.07, 6.45) is 5.75. The number of nitrogens with one attached hydrogen (secondary N) is 1. The van der Waals surface area contributed by atoms with Crippen molar-refractivity contribution in [1.29, 1.82) is 0 Å². The number of nitrogens with zero attached hydrogens (tertiary/aromatic N) is 1. The Morgan fingerprint density at radius 3 is 2.38 bits per heavy atom. The van der Waals surface area contributed by atoms with Gasteiger partial charge in [0, 0.05) is 19.6 Å². The Kier molecular flexibility index (Phi) is 5.06. The van der Waals surface area contributed by atoms with Crippen LogP contribution in [0.15, 0.2) is 0 Å². The van der Waals surface area contributed by atoms with Crippen molar-refractivity contribution in [3.05, 3.63) is 0 Å². The molecule has 0 bridgehead atoms. The summed E-state index contributed by atoms with van der Waals surface area (Å²) < 4.78 is 0. The number of rotatable bonds is 4. The van der Waals surface area contributed by atoms with Gasteiger partial charge >= 0.3 is 6.03 Å². The van der Waals surface area contributed by atoms with Gasteiger partial charge in [-0.05, 0) is 26.7 Å². The smallest absolute Gasteiger partial charge is 0.317 e. The van der Waals surface area contributed by atoms with Crippen LogP contribution < -0.4 is 11.1 Å². The van der Waals surface area contributed by atoms with Crippen molar-refractivity contribution in [2.24, 2.45) is 5.73 Å². The average molecular weight is 227 g/mol. The SMILES string of the molecule is CCNC(=O)N(CC)C1(CN)CCCCC1. The Labute approximate surface area is 98.6 Å². The van der Waals surface area contributed by atoms with Gasteiger partial charge in [-0.2, -0.15) is 0 Å². The fourth-order valence-corrected chi connectivity index (χ4v) is 2.74. The van der Waals surface area contributed by atoms with Gasteiger partial charge in [-0.1, -0.05) is 19.3 Å². The molecule has 1 aliphatic rings. The maximum atomic E-state index is 12.0. The van der Waals surface area contributed by atoms with Crippen molar-refractivity contribution in [2.45, 2.75) is 51.5 Å². The lowest BCUT2D eigenvalue weighted by Gasteiger charge is -2.45. The Morgan fingerprint density at radius 1 is 1.31 bits per heavy atom. The predicted octanol–water partition coefficient (Wildman–Crippen LogP) is 1.70. The van der Waals surface area contributed by atoms with Crippen LogP contribution in [0.1, 0.15) is 46.0 Å². The molecule has 94 valence electrons. The number of carbonyl (C=O) groups excluding carboxylic acids is 1. The van der Waals surface area contributed by atoms with Gasteiger partial charge in [0.15, 0.2) is 0 Å². The first kappa shape index (κ1) is 13.3. The number of hydrogen-bond acceptors (Lipinski definition) is 2. The molecule has 1 aliphatic carbocycles. The van der Waals surface area contributed by atoms with E-state index in [0.29, 0.717) is 13.1 Å². The quantitative estimate of drug-likeness (QED) is 0.768. The summed E-state index contributed by atoms with van der Waals surface area (Å²) in [5.41, 5.74) is 5.84. The fraction of sp³-hybridized carbons (Fsp3) is 0.917. The molecule has 0 aromatic heterocycles. The minimum Gasteiger partial charge on any atom is -0.338 e. The molecule has 0 saturated heterocycles. The van der Waals surface area contributed by atoms with E-state index in [2.05, 4.69) is 5.32 Å². The van der Waals surface area contributed by atoms with Gasteiger partial charge < -0.3 is 16.0 Å². The highest BCUT2D eigenvalue weighted by Crippen LogP contribution is 2.32. The van der Waals surface area contributed by atoms with Gasteiger partial charge in [0.05, 0.1) is 5.54 Å². The van der Waals surface area contributed by atoms with Crippen LogP contribution in [0, 0.1) is 0 Å². The van der Waals surface area contributed by atoms with Crippen molar-refractivity contribution in [3.8, 4) is 0 Å². The number of hydrogen-bond donors (Lipinski definition) is 2. The van der Waals surface area contributed by atoms with Crippen LogP contribution >= 0.6 is 0 Å². The summed E-state index contributed by atoms with van der Waals surface area (Å²) in [7, 11) is 0. The second kappa shape index (κ2) is 6.09. The number of likely N-dealkylation sites (N-methyl/N-ethyl adjacent to an activating group) is 1. The maximum Gasteiger partial charge on any atom is 0.317 e. The third kappa shape index (κ3) is 2.67. The van der Waals surface area contributed by atoms with Crippen LogP contribution in [0.5, 0.6) is 0 Å². The lowest BCUT2D eigenvalue weighted by Crippen LogP contribution is -2.59. The molecule has 1 saturated carbocycles. The van der Waals surface area contributed by atoms with Gasteiger partial charge in [-0.15, -0.1) is 0 Å². The molecular weight excluding hydrogens is 202 g/mol. The minimum atomic E-state index is -0.0910. The molecule has 0 spiro atoms. The zero-order valence-corrected chi connectivity index (χ0v) is 10.6. The van der Waals surface area contributed by atoms with E-state index in [1.165, 1.54) is 19.3 Å². The van der Waals surface area contributed by atoms with Gasteiger partial charge in [0.25, 0.3) is 0 Å². The van der Waals surface area contributed by atoms with E-state index in [9.17, 15) is 4.79 Å². The molecule has 0 aliphatic heterocycles. The molecule has 4 nitrogen and oxygen atoms in total. The second-order valence-electron chi connectivity index (χ2n) is 4.57. The molecular formula is C12H25N3O. The van der Waals surface area contributed by atoms with Crippen LogP contribution in [-0.2, 0) is 0 Å². The Morgan fingerprint density at radius 2 is 1.94 bits per heavy atom. The van der Waals surface area contributed by atoms with Gasteiger partial charge in [0.1, 0.15) is 0 Å². The van der Waals surface area contributed by atoms with Gasteiger partial charge in [-0.25, -0.2) is 4.79 Å². The monoisotopic (exact) mass is 227 g/mol. The zero-order valence-electron chi connectivity index (χ0n) is 10.6. The van der Waals surface area contributed by atoms with E-state index in [1.54, 1.807) is 0 Å². The molecule has 4 heteroatoms. The third-order valence-electron chi connectivity index (χ3n) is 3.63. The Balaban J connectivity index is 2.77. The highest BCUT2D eigenvalue weighted by Gasteiger charge is 2.38. The lowest BCUT2D eigenvalue weighted by molar-refractivity contribution is 0.0880. The van der Waals surface area contributed by atoms with Crippen LogP contribution in [0.4, 0.5) is 4.79 Å². The first-order chi connectivity index (χ1) is 7.70. The first-order valence-corrected chi connectivity index (χ1v) is 6.45. The number of urea groups is 1. The van der Waals surface area contributed by atoms with Crippen LogP contribution in [-0.4, -0.2) is 36.1 Å². The molecule has 0 aromatic rings. The summed E-state index contributed by atoms with van der Waals surface area (Å²) in [6.45, 7) is 5.97. The summed E-state index contributed by atoms with van der Waals surface area (Å²) in [5, 5.41) is 2.88. The van der Waals surface area contributed by atoms with Crippen molar-refractivity contribution >= 4 is 6.03 Å². The molecule has 2 amide bonds. The normalized spacial score (nSPS) is 19.2. The summed E-state index contributed by atoms with van der Waals surface area (Å²) in [5.74, 6) is 0. The molecule has 0 heterocycles. The predicted molar refractivity (Wildman–Crippen MR) is 66.3 cm³/mol. The van der Waals surface area contributed by atoms with Crippen LogP contribution in [0.3, 0.4) is 0 Å². The zero-order chi connectivity index (χ0) is 12.0. The standard InChI is InChI=1S/C12H25N3O/c1-3-14-11(16)15(4-2)12(10-13)8-6-5-7-9-12/h3-10,13H2,1-2H3,(H,14,16). The highest BCUT2D eigenvalue weighted by atomic mass is 16.2. The molecule has 1 fully saturated rings. The number of amides is 2. The van der Waals surface area contributed by atoms with E-state index in [4.69, 9.17) is 5.73 Å². The maximum absolute atomic E-state index is 12.0. The van der Waals surface area contributed by atoms with Gasteiger partial charge in [-0.3, -0.25) is 0 Å². The topological polar surface area (TPSA) is 58.4 Å². The van der Waals surface area contributed by atoms with Crippen molar-refractivity contribution < 1.29 is 4.79 Å². The first-order valence-electron chi connectivity index (χ1n) is 6.45. The molecule has 0 atom stereocenters. The van der Waals surface area contributed by atoms with Crippen molar-refractivity contribution in [3.63, 3.8) is 0 Å². The molecule has 0 aromatic carbocycles. The lowest BCUT2D eigenvalue weighted by atomic mass is 9.80. The van der Waals surface area contributed by atoms with E-state index >= 15 is 0 Å². The Hall–Kier alpha value is -0.770. The average Bonchev–Trinajstić information content (AvgIpc) is 2.31. The third-order valence-corrected chi connectivity index (χ3v) is 3.63.